The van der Waals surface area contributed by atoms with Crippen LogP contribution in [-0.4, -0.2) is 30.6 Å². The molecule has 1 N–H and O–H groups in total. The van der Waals surface area contributed by atoms with Gasteiger partial charge in [0.15, 0.2) is 12.4 Å². The Morgan fingerprint density at radius 1 is 1.17 bits per heavy atom. The number of phenols is 1. The van der Waals surface area contributed by atoms with Gasteiger partial charge in [0.1, 0.15) is 11.5 Å². The third kappa shape index (κ3) is 4.96. The van der Waals surface area contributed by atoms with Gasteiger partial charge in [0.05, 0.1) is 11.6 Å². The van der Waals surface area contributed by atoms with Crippen molar-refractivity contribution in [3.05, 3.63) is 64.1 Å². The Bertz CT molecular complexity index is 765. The van der Waals surface area contributed by atoms with Crippen LogP contribution in [0.4, 0.5) is 0 Å². The molecule has 0 aliphatic carbocycles. The van der Waals surface area contributed by atoms with E-state index in [1.54, 1.807) is 48.5 Å². The molecule has 0 amide bonds. The first-order valence-corrected chi connectivity index (χ1v) is 7.79. The number of hydrogen-bond acceptors (Lipinski definition) is 5. The molecule has 0 saturated carbocycles. The lowest BCUT2D eigenvalue weighted by Gasteiger charge is -2.05. The molecule has 0 heterocycles. The van der Waals surface area contributed by atoms with E-state index in [-0.39, 0.29) is 18.1 Å². The van der Waals surface area contributed by atoms with Crippen molar-refractivity contribution in [2.45, 2.75) is 0 Å². The molecule has 0 spiro atoms. The second kappa shape index (κ2) is 8.31. The van der Waals surface area contributed by atoms with Crippen molar-refractivity contribution in [1.29, 1.82) is 0 Å². The molecule has 0 radical (unpaired) electrons. The average Bonchev–Trinajstić information content (AvgIpc) is 2.60. The molecule has 2 rings (SSSR count). The summed E-state index contributed by atoms with van der Waals surface area (Å²) in [7, 11) is 1.28. The maximum atomic E-state index is 12.1. The first kappa shape index (κ1) is 17.7. The van der Waals surface area contributed by atoms with Gasteiger partial charge < -0.3 is 14.6 Å². The molecule has 0 unspecified atom stereocenters. The minimum Gasteiger partial charge on any atom is -0.507 e. The van der Waals surface area contributed by atoms with Gasteiger partial charge in [0.2, 0.25) is 0 Å². The summed E-state index contributed by atoms with van der Waals surface area (Å²) in [5.74, 6) is -0.0266. The van der Waals surface area contributed by atoms with E-state index >= 15 is 0 Å². The summed E-state index contributed by atoms with van der Waals surface area (Å²) in [6, 6.07) is 11.4. The van der Waals surface area contributed by atoms with E-state index in [1.165, 1.54) is 13.2 Å². The van der Waals surface area contributed by atoms with E-state index in [4.69, 9.17) is 4.74 Å². The Balaban J connectivity index is 2.00. The number of aromatic hydroxyl groups is 1. The molecule has 6 heteroatoms. The highest BCUT2D eigenvalue weighted by molar-refractivity contribution is 9.10. The van der Waals surface area contributed by atoms with Crippen LogP contribution in [0.5, 0.6) is 11.5 Å². The van der Waals surface area contributed by atoms with Crippen LogP contribution >= 0.6 is 15.9 Å². The molecule has 0 bridgehead atoms. The summed E-state index contributed by atoms with van der Waals surface area (Å²) in [6.07, 6.45) is 3.11. The van der Waals surface area contributed by atoms with Crippen molar-refractivity contribution >= 4 is 33.8 Å². The molecule has 0 atom stereocenters. The summed E-state index contributed by atoms with van der Waals surface area (Å²) in [5, 5.41) is 9.44. The van der Waals surface area contributed by atoms with Crippen molar-refractivity contribution < 1.29 is 24.2 Å². The number of hydrogen-bond donors (Lipinski definition) is 1. The number of benzene rings is 2. The minimum atomic E-state index is -0.474. The molecule has 5 nitrogen and oxygen atoms in total. The third-order valence-corrected chi connectivity index (χ3v) is 3.76. The Labute approximate surface area is 147 Å². The second-order valence-corrected chi connectivity index (χ2v) is 5.65. The monoisotopic (exact) mass is 390 g/mol. The van der Waals surface area contributed by atoms with E-state index in [1.807, 2.05) is 0 Å². The predicted octanol–water partition coefficient (Wildman–Crippen LogP) is 3.60. The van der Waals surface area contributed by atoms with E-state index in [2.05, 4.69) is 20.7 Å². The summed E-state index contributed by atoms with van der Waals surface area (Å²) in [6.45, 7) is -0.181. The molecule has 0 fully saturated rings. The zero-order chi connectivity index (χ0) is 17.5. The number of phenolic OH excluding ortho intramolecular Hbond substituents is 1. The summed E-state index contributed by atoms with van der Waals surface area (Å²) in [5.41, 5.74) is 1.28. The molecule has 2 aromatic rings. The van der Waals surface area contributed by atoms with Crippen LogP contribution in [-0.2, 0) is 9.53 Å². The van der Waals surface area contributed by atoms with Crippen LogP contribution in [0.25, 0.3) is 6.08 Å². The summed E-state index contributed by atoms with van der Waals surface area (Å²) >= 11 is 3.22. The molecule has 0 saturated heterocycles. The van der Waals surface area contributed by atoms with E-state index in [9.17, 15) is 14.7 Å². The Hall–Kier alpha value is -2.60. The minimum absolute atomic E-state index is 0.140. The van der Waals surface area contributed by atoms with Crippen molar-refractivity contribution in [3.8, 4) is 11.5 Å². The normalized spacial score (nSPS) is 10.6. The van der Waals surface area contributed by atoms with Crippen LogP contribution in [0.1, 0.15) is 15.9 Å². The number of esters is 1. The Kier molecular flexibility index (Phi) is 6.14. The zero-order valence-corrected chi connectivity index (χ0v) is 14.4. The number of halogens is 1. The van der Waals surface area contributed by atoms with Crippen LogP contribution < -0.4 is 4.74 Å². The third-order valence-electron chi connectivity index (χ3n) is 3.12. The van der Waals surface area contributed by atoms with Gasteiger partial charge in [-0.3, -0.25) is 4.79 Å². The quantitative estimate of drug-likeness (QED) is 0.463. The van der Waals surface area contributed by atoms with Crippen molar-refractivity contribution in [2.24, 2.45) is 0 Å². The summed E-state index contributed by atoms with van der Waals surface area (Å²) < 4.78 is 10.3. The molecule has 124 valence electrons. The van der Waals surface area contributed by atoms with Crippen LogP contribution in [0.2, 0.25) is 0 Å². The highest BCUT2D eigenvalue weighted by atomic mass is 79.9. The first-order valence-electron chi connectivity index (χ1n) is 7.00. The number of carbonyl (C=O) groups is 2. The molecule has 0 aliphatic heterocycles. The molecule has 24 heavy (non-hydrogen) atoms. The van der Waals surface area contributed by atoms with Crippen molar-refractivity contribution in [2.75, 3.05) is 13.7 Å². The highest BCUT2D eigenvalue weighted by Gasteiger charge is 2.05. The van der Waals surface area contributed by atoms with Gasteiger partial charge in [-0.05, 0) is 64.0 Å². The van der Waals surface area contributed by atoms with Crippen LogP contribution in [0.3, 0.4) is 0 Å². The smallest absolute Gasteiger partial charge is 0.343 e. The molecular weight excluding hydrogens is 376 g/mol. The topological polar surface area (TPSA) is 72.8 Å². The van der Waals surface area contributed by atoms with Gasteiger partial charge in [-0.15, -0.1) is 0 Å². The Morgan fingerprint density at radius 2 is 1.88 bits per heavy atom. The van der Waals surface area contributed by atoms with Gasteiger partial charge in [-0.25, -0.2) is 4.79 Å². The van der Waals surface area contributed by atoms with E-state index in [0.717, 1.165) is 5.56 Å². The molecule has 0 aliphatic rings. The van der Waals surface area contributed by atoms with Gasteiger partial charge >= 0.3 is 5.97 Å². The number of methoxy groups -OCH3 is 1. The summed E-state index contributed by atoms with van der Waals surface area (Å²) in [4.78, 5) is 23.1. The van der Waals surface area contributed by atoms with Crippen LogP contribution in [0, 0.1) is 0 Å². The number of allylic oxidation sites excluding steroid dienone is 1. The molecule has 2 aromatic carbocycles. The predicted molar refractivity (Wildman–Crippen MR) is 93.1 cm³/mol. The lowest BCUT2D eigenvalue weighted by atomic mass is 10.1. The van der Waals surface area contributed by atoms with Gasteiger partial charge in [-0.1, -0.05) is 12.1 Å². The fourth-order valence-corrected chi connectivity index (χ4v) is 2.21. The van der Waals surface area contributed by atoms with Gasteiger partial charge in [-0.2, -0.15) is 0 Å². The number of ether oxygens (including phenoxy) is 2. The maximum absolute atomic E-state index is 12.1. The van der Waals surface area contributed by atoms with Crippen molar-refractivity contribution in [3.63, 3.8) is 0 Å². The van der Waals surface area contributed by atoms with Gasteiger partial charge in [0.25, 0.3) is 0 Å². The molecular formula is C18H15BrO5. The number of rotatable bonds is 6. The standard InChI is InChI=1S/C18H15BrO5/c1-23-18(22)11-24-14-6-4-13(5-7-14)16(20)8-2-12-3-9-17(21)15(19)10-12/h2-10,21H,11H2,1H3. The van der Waals surface area contributed by atoms with Crippen molar-refractivity contribution in [1.82, 2.24) is 0 Å². The maximum Gasteiger partial charge on any atom is 0.343 e. The van der Waals surface area contributed by atoms with E-state index < -0.39 is 5.97 Å². The highest BCUT2D eigenvalue weighted by Crippen LogP contribution is 2.24. The fraction of sp³-hybridized carbons (Fsp3) is 0.111. The van der Waals surface area contributed by atoms with E-state index in [0.29, 0.717) is 15.8 Å². The lowest BCUT2D eigenvalue weighted by Crippen LogP contribution is -2.12. The van der Waals surface area contributed by atoms with Crippen LogP contribution in [0.15, 0.2) is 53.0 Å². The Morgan fingerprint density at radius 3 is 2.50 bits per heavy atom. The number of ketones is 1. The lowest BCUT2D eigenvalue weighted by molar-refractivity contribution is -0.142. The fourth-order valence-electron chi connectivity index (χ4n) is 1.81. The zero-order valence-electron chi connectivity index (χ0n) is 12.9. The SMILES string of the molecule is COC(=O)COc1ccc(C(=O)C=Cc2ccc(O)c(Br)c2)cc1. The number of carbonyl (C=O) groups excluding carboxylic acids is 2. The molecule has 0 aromatic heterocycles. The average molecular weight is 391 g/mol. The second-order valence-electron chi connectivity index (χ2n) is 4.80. The van der Waals surface area contributed by atoms with Gasteiger partial charge in [0, 0.05) is 5.56 Å². The largest absolute Gasteiger partial charge is 0.507 e. The first-order chi connectivity index (χ1) is 11.5.